The van der Waals surface area contributed by atoms with Crippen LogP contribution in [0.25, 0.3) is 0 Å². The second kappa shape index (κ2) is 8.00. The molecule has 0 bridgehead atoms. The first-order valence-electron chi connectivity index (χ1n) is 7.71. The van der Waals surface area contributed by atoms with Gasteiger partial charge in [0.25, 0.3) is 0 Å². The van der Waals surface area contributed by atoms with Crippen molar-refractivity contribution in [1.82, 2.24) is 5.32 Å². The van der Waals surface area contributed by atoms with Crippen molar-refractivity contribution in [3.8, 4) is 0 Å². The van der Waals surface area contributed by atoms with Gasteiger partial charge in [0.05, 0.1) is 10.0 Å². The number of carbonyl (C=O) groups is 1. The highest BCUT2D eigenvalue weighted by Crippen LogP contribution is 2.50. The van der Waals surface area contributed by atoms with Crippen LogP contribution in [0.4, 0.5) is 4.39 Å². The molecule has 1 aromatic carbocycles. The van der Waals surface area contributed by atoms with Crippen LogP contribution in [0.1, 0.15) is 31.7 Å². The minimum absolute atomic E-state index is 0.115. The van der Waals surface area contributed by atoms with E-state index >= 15 is 0 Å². The molecule has 0 aliphatic heterocycles. The van der Waals surface area contributed by atoms with Gasteiger partial charge in [-0.25, -0.2) is 4.39 Å². The van der Waals surface area contributed by atoms with Gasteiger partial charge in [-0.3, -0.25) is 4.79 Å². The second-order valence-corrected chi connectivity index (χ2v) is 7.01. The van der Waals surface area contributed by atoms with E-state index in [0.29, 0.717) is 22.2 Å². The van der Waals surface area contributed by atoms with E-state index in [0.717, 1.165) is 17.6 Å². The van der Waals surface area contributed by atoms with E-state index in [1.54, 1.807) is 19.1 Å². The summed E-state index contributed by atoms with van der Waals surface area (Å²) < 4.78 is 14.2. The highest BCUT2D eigenvalue weighted by Gasteiger charge is 2.37. The molecule has 0 spiro atoms. The fourth-order valence-corrected chi connectivity index (χ4v) is 2.71. The van der Waals surface area contributed by atoms with Gasteiger partial charge in [0.1, 0.15) is 5.83 Å². The van der Waals surface area contributed by atoms with Crippen LogP contribution in [-0.4, -0.2) is 12.5 Å². The van der Waals surface area contributed by atoms with Gasteiger partial charge in [0.2, 0.25) is 5.91 Å². The molecule has 2 rings (SSSR count). The number of amides is 1. The topological polar surface area (TPSA) is 29.1 Å². The van der Waals surface area contributed by atoms with E-state index in [9.17, 15) is 9.18 Å². The molecule has 1 fully saturated rings. The lowest BCUT2D eigenvalue weighted by Gasteiger charge is -2.03. The predicted molar refractivity (Wildman–Crippen MR) is 98.1 cm³/mol. The SMILES string of the molecule is C=C(C)CNC(=O)C=C(C)C(F)=C[C@@H]1C[C@H]1c1ccc(Cl)c(Cl)c1. The Morgan fingerprint density at radius 3 is 2.71 bits per heavy atom. The minimum atomic E-state index is -0.368. The molecule has 1 amide bonds. The summed E-state index contributed by atoms with van der Waals surface area (Å²) in [5, 5.41) is 3.67. The van der Waals surface area contributed by atoms with Crippen LogP contribution in [-0.2, 0) is 4.79 Å². The van der Waals surface area contributed by atoms with E-state index in [4.69, 9.17) is 23.2 Å². The van der Waals surface area contributed by atoms with E-state index in [2.05, 4.69) is 11.9 Å². The van der Waals surface area contributed by atoms with Crippen LogP contribution in [0.3, 0.4) is 0 Å². The molecule has 0 saturated heterocycles. The Balaban J connectivity index is 1.97. The molecule has 24 heavy (non-hydrogen) atoms. The zero-order valence-corrected chi connectivity index (χ0v) is 15.2. The first-order valence-corrected chi connectivity index (χ1v) is 8.46. The van der Waals surface area contributed by atoms with Gasteiger partial charge in [-0.1, -0.05) is 41.4 Å². The van der Waals surface area contributed by atoms with Crippen molar-refractivity contribution >= 4 is 29.1 Å². The maximum absolute atomic E-state index is 14.2. The van der Waals surface area contributed by atoms with E-state index in [1.165, 1.54) is 6.08 Å². The van der Waals surface area contributed by atoms with Crippen molar-refractivity contribution in [3.05, 3.63) is 69.5 Å². The second-order valence-electron chi connectivity index (χ2n) is 6.20. The first kappa shape index (κ1) is 18.8. The third kappa shape index (κ3) is 5.22. The van der Waals surface area contributed by atoms with Crippen LogP contribution >= 0.6 is 23.2 Å². The third-order valence-electron chi connectivity index (χ3n) is 3.86. The summed E-state index contributed by atoms with van der Waals surface area (Å²) in [5.74, 6) is -0.330. The molecule has 0 aromatic heterocycles. The predicted octanol–water partition coefficient (Wildman–Crippen LogP) is 5.59. The summed E-state index contributed by atoms with van der Waals surface area (Å²) in [6.07, 6.45) is 3.71. The standard InChI is InChI=1S/C19H20Cl2FNO/c1-11(2)10-23-19(24)6-12(3)18(22)9-14-7-15(14)13-4-5-16(20)17(21)8-13/h4-6,8-9,14-15H,1,7,10H2,2-3H3,(H,23,24)/t14-,15-/m0/s1. The maximum Gasteiger partial charge on any atom is 0.244 e. The number of hydrogen-bond donors (Lipinski definition) is 1. The molecule has 2 atom stereocenters. The van der Waals surface area contributed by atoms with Crippen LogP contribution in [0.15, 0.2) is 53.9 Å². The summed E-state index contributed by atoms with van der Waals surface area (Å²) in [5.41, 5.74) is 2.21. The highest BCUT2D eigenvalue weighted by atomic mass is 35.5. The Morgan fingerprint density at radius 1 is 1.38 bits per heavy atom. The molecule has 1 saturated carbocycles. The molecule has 1 aliphatic carbocycles. The lowest BCUT2D eigenvalue weighted by Crippen LogP contribution is -2.22. The monoisotopic (exact) mass is 367 g/mol. The van der Waals surface area contributed by atoms with Gasteiger partial charge in [-0.05, 0) is 61.4 Å². The summed E-state index contributed by atoms with van der Waals surface area (Å²) in [4.78, 5) is 11.7. The lowest BCUT2D eigenvalue weighted by atomic mass is 10.1. The number of halogens is 3. The molecule has 1 aromatic rings. The number of nitrogens with one attached hydrogen (secondary N) is 1. The van der Waals surface area contributed by atoms with Crippen LogP contribution in [0.2, 0.25) is 10.0 Å². The first-order chi connectivity index (χ1) is 11.3. The molecular weight excluding hydrogens is 348 g/mol. The number of benzene rings is 1. The van der Waals surface area contributed by atoms with Gasteiger partial charge < -0.3 is 5.32 Å². The zero-order chi connectivity index (χ0) is 17.9. The van der Waals surface area contributed by atoms with E-state index in [1.807, 2.05) is 19.1 Å². The van der Waals surface area contributed by atoms with Crippen LogP contribution in [0, 0.1) is 5.92 Å². The van der Waals surface area contributed by atoms with E-state index in [-0.39, 0.29) is 23.6 Å². The molecule has 5 heteroatoms. The molecule has 2 nitrogen and oxygen atoms in total. The quantitative estimate of drug-likeness (QED) is 0.396. The number of rotatable bonds is 6. The third-order valence-corrected chi connectivity index (χ3v) is 4.60. The number of hydrogen-bond acceptors (Lipinski definition) is 1. The summed E-state index contributed by atoms with van der Waals surface area (Å²) in [7, 11) is 0. The molecule has 0 heterocycles. The molecule has 0 unspecified atom stereocenters. The Bertz CT molecular complexity index is 724. The largest absolute Gasteiger partial charge is 0.349 e. The fourth-order valence-electron chi connectivity index (χ4n) is 2.40. The average molecular weight is 368 g/mol. The molecule has 128 valence electrons. The summed E-state index contributed by atoms with van der Waals surface area (Å²) >= 11 is 11.9. The summed E-state index contributed by atoms with van der Waals surface area (Å²) in [6.45, 7) is 7.48. The van der Waals surface area contributed by atoms with Crippen molar-refractivity contribution in [1.29, 1.82) is 0 Å². The fraction of sp³-hybridized carbons (Fsp3) is 0.316. The molecule has 1 aliphatic rings. The minimum Gasteiger partial charge on any atom is -0.349 e. The Morgan fingerprint density at radius 2 is 2.08 bits per heavy atom. The molecular formula is C19H20Cl2FNO. The Labute approximate surface area is 152 Å². The van der Waals surface area contributed by atoms with Gasteiger partial charge in [-0.15, -0.1) is 0 Å². The van der Waals surface area contributed by atoms with Crippen molar-refractivity contribution in [2.75, 3.05) is 6.54 Å². The number of allylic oxidation sites excluding steroid dienone is 3. The molecule has 1 N–H and O–H groups in total. The van der Waals surface area contributed by atoms with Gasteiger partial charge >= 0.3 is 0 Å². The smallest absolute Gasteiger partial charge is 0.244 e. The van der Waals surface area contributed by atoms with E-state index < -0.39 is 0 Å². The van der Waals surface area contributed by atoms with Gasteiger partial charge in [0.15, 0.2) is 0 Å². The highest BCUT2D eigenvalue weighted by molar-refractivity contribution is 6.42. The Hall–Kier alpha value is -1.58. The maximum atomic E-state index is 14.2. The molecule has 0 radical (unpaired) electrons. The van der Waals surface area contributed by atoms with Crippen molar-refractivity contribution < 1.29 is 9.18 Å². The number of carbonyl (C=O) groups excluding carboxylic acids is 1. The van der Waals surface area contributed by atoms with Crippen molar-refractivity contribution in [2.45, 2.75) is 26.2 Å². The Kier molecular flexibility index (Phi) is 6.25. The van der Waals surface area contributed by atoms with Crippen molar-refractivity contribution in [2.24, 2.45) is 5.92 Å². The van der Waals surface area contributed by atoms with Gasteiger partial charge in [0, 0.05) is 12.6 Å². The zero-order valence-electron chi connectivity index (χ0n) is 13.7. The van der Waals surface area contributed by atoms with Crippen LogP contribution < -0.4 is 5.32 Å². The van der Waals surface area contributed by atoms with Crippen LogP contribution in [0.5, 0.6) is 0 Å². The van der Waals surface area contributed by atoms with Crippen molar-refractivity contribution in [3.63, 3.8) is 0 Å². The normalized spacial score (nSPS) is 20.7. The average Bonchev–Trinajstić information content (AvgIpc) is 3.27. The lowest BCUT2D eigenvalue weighted by molar-refractivity contribution is -0.116. The van der Waals surface area contributed by atoms with Gasteiger partial charge in [-0.2, -0.15) is 0 Å². The summed E-state index contributed by atoms with van der Waals surface area (Å²) in [6, 6.07) is 5.50.